The molecule has 1 saturated carbocycles. The second-order valence-electron chi connectivity index (χ2n) is 6.42. The standard InChI is InChI=1S/C18H23N5O2S2/c1-12-20-21-18(23(12)13-8-9-13)27-11-17(25)22(2)10-16(24)19-14-6-4-5-7-15(14)26-3/h4-7,13H,8-11H2,1-3H3,(H,19,24). The zero-order chi connectivity index (χ0) is 19.4. The molecule has 0 spiro atoms. The van der Waals surface area contributed by atoms with E-state index in [0.29, 0.717) is 6.04 Å². The third-order valence-corrected chi connectivity index (χ3v) is 5.98. The highest BCUT2D eigenvalue weighted by molar-refractivity contribution is 7.99. The molecule has 9 heteroatoms. The van der Waals surface area contributed by atoms with E-state index in [0.717, 1.165) is 34.4 Å². The number of hydrogen-bond acceptors (Lipinski definition) is 6. The predicted molar refractivity (Wildman–Crippen MR) is 108 cm³/mol. The number of thioether (sulfide) groups is 2. The number of likely N-dealkylation sites (N-methyl/N-ethyl adjacent to an activating group) is 1. The SMILES string of the molecule is CSc1ccccc1NC(=O)CN(C)C(=O)CSc1nnc(C)n1C1CC1. The van der Waals surface area contributed by atoms with Gasteiger partial charge in [0.25, 0.3) is 0 Å². The predicted octanol–water partition coefficient (Wildman–Crippen LogP) is 2.83. The third kappa shape index (κ3) is 5.04. The molecule has 0 saturated heterocycles. The van der Waals surface area contributed by atoms with Gasteiger partial charge in [0.05, 0.1) is 18.0 Å². The molecule has 0 atom stereocenters. The highest BCUT2D eigenvalue weighted by Gasteiger charge is 2.28. The lowest BCUT2D eigenvalue weighted by Crippen LogP contribution is -2.36. The largest absolute Gasteiger partial charge is 0.336 e. The van der Waals surface area contributed by atoms with E-state index in [2.05, 4.69) is 20.1 Å². The molecule has 27 heavy (non-hydrogen) atoms. The van der Waals surface area contributed by atoms with Crippen molar-refractivity contribution >= 4 is 41.0 Å². The van der Waals surface area contributed by atoms with Crippen LogP contribution in [0.3, 0.4) is 0 Å². The van der Waals surface area contributed by atoms with Crippen molar-refractivity contribution in [1.29, 1.82) is 0 Å². The van der Waals surface area contributed by atoms with Crippen molar-refractivity contribution in [3.8, 4) is 0 Å². The van der Waals surface area contributed by atoms with Gasteiger partial charge in [-0.3, -0.25) is 9.59 Å². The fourth-order valence-electron chi connectivity index (χ4n) is 2.68. The van der Waals surface area contributed by atoms with Crippen molar-refractivity contribution in [2.24, 2.45) is 0 Å². The first-order valence-corrected chi connectivity index (χ1v) is 10.9. The fraction of sp³-hybridized carbons (Fsp3) is 0.444. The van der Waals surface area contributed by atoms with E-state index in [4.69, 9.17) is 0 Å². The number of para-hydroxylation sites is 1. The van der Waals surface area contributed by atoms with Gasteiger partial charge in [0.1, 0.15) is 5.82 Å². The first kappa shape index (κ1) is 19.8. The number of nitrogens with zero attached hydrogens (tertiary/aromatic N) is 4. The van der Waals surface area contributed by atoms with E-state index in [-0.39, 0.29) is 24.1 Å². The molecular weight excluding hydrogens is 382 g/mol. The van der Waals surface area contributed by atoms with Crippen LogP contribution in [0, 0.1) is 6.92 Å². The normalized spacial score (nSPS) is 13.4. The molecule has 1 aromatic heterocycles. The Morgan fingerprint density at radius 1 is 1.30 bits per heavy atom. The topological polar surface area (TPSA) is 80.1 Å². The average molecular weight is 406 g/mol. The van der Waals surface area contributed by atoms with Crippen molar-refractivity contribution < 1.29 is 9.59 Å². The summed E-state index contributed by atoms with van der Waals surface area (Å²) in [5.74, 6) is 0.786. The molecule has 1 fully saturated rings. The Morgan fingerprint density at radius 2 is 2.04 bits per heavy atom. The smallest absolute Gasteiger partial charge is 0.244 e. The summed E-state index contributed by atoms with van der Waals surface area (Å²) >= 11 is 2.94. The van der Waals surface area contributed by atoms with Crippen molar-refractivity contribution in [2.45, 2.75) is 35.9 Å². The highest BCUT2D eigenvalue weighted by Crippen LogP contribution is 2.38. The molecule has 7 nitrogen and oxygen atoms in total. The molecule has 1 aliphatic carbocycles. The number of benzene rings is 1. The molecule has 2 aromatic rings. The number of aryl methyl sites for hydroxylation is 1. The quantitative estimate of drug-likeness (QED) is 0.680. The Bertz CT molecular complexity index is 835. The van der Waals surface area contributed by atoms with Crippen LogP contribution in [-0.2, 0) is 9.59 Å². The first-order valence-electron chi connectivity index (χ1n) is 8.70. The minimum atomic E-state index is -0.214. The van der Waals surface area contributed by atoms with Gasteiger partial charge in [-0.2, -0.15) is 0 Å². The molecule has 2 amide bonds. The van der Waals surface area contributed by atoms with Crippen LogP contribution < -0.4 is 5.32 Å². The summed E-state index contributed by atoms with van der Waals surface area (Å²) in [6.45, 7) is 1.94. The van der Waals surface area contributed by atoms with Crippen molar-refractivity contribution in [1.82, 2.24) is 19.7 Å². The Morgan fingerprint density at radius 3 is 2.74 bits per heavy atom. The molecule has 144 valence electrons. The summed E-state index contributed by atoms with van der Waals surface area (Å²) in [5, 5.41) is 11.9. The van der Waals surface area contributed by atoms with Gasteiger partial charge in [-0.1, -0.05) is 23.9 Å². The maximum atomic E-state index is 12.4. The van der Waals surface area contributed by atoms with Crippen molar-refractivity contribution in [3.05, 3.63) is 30.1 Å². The molecule has 1 aromatic carbocycles. The third-order valence-electron chi connectivity index (χ3n) is 4.26. The number of hydrogen-bond donors (Lipinski definition) is 1. The van der Waals surface area contributed by atoms with Crippen LogP contribution in [0.4, 0.5) is 5.69 Å². The zero-order valence-corrected chi connectivity index (χ0v) is 17.3. The van der Waals surface area contributed by atoms with Crippen molar-refractivity contribution in [2.75, 3.05) is 30.9 Å². The Hall–Kier alpha value is -2.00. The first-order chi connectivity index (χ1) is 13.0. The number of carbonyl (C=O) groups is 2. The Balaban J connectivity index is 1.51. The molecule has 0 bridgehead atoms. The van der Waals surface area contributed by atoms with Gasteiger partial charge >= 0.3 is 0 Å². The maximum absolute atomic E-state index is 12.4. The number of carbonyl (C=O) groups excluding carboxylic acids is 2. The second kappa shape index (κ2) is 8.79. The number of amides is 2. The number of aromatic nitrogens is 3. The lowest BCUT2D eigenvalue weighted by Gasteiger charge is -2.17. The van der Waals surface area contributed by atoms with E-state index in [9.17, 15) is 9.59 Å². The molecule has 0 unspecified atom stereocenters. The molecule has 1 aliphatic rings. The van der Waals surface area contributed by atoms with E-state index in [1.54, 1.807) is 18.8 Å². The lowest BCUT2D eigenvalue weighted by molar-refractivity contribution is -0.131. The summed E-state index contributed by atoms with van der Waals surface area (Å²) in [4.78, 5) is 27.1. The van der Waals surface area contributed by atoms with Gasteiger partial charge in [-0.15, -0.1) is 22.0 Å². The van der Waals surface area contributed by atoms with E-state index < -0.39 is 0 Å². The van der Waals surface area contributed by atoms with E-state index >= 15 is 0 Å². The van der Waals surface area contributed by atoms with Gasteiger partial charge in [0, 0.05) is 18.0 Å². The van der Waals surface area contributed by atoms with E-state index in [1.165, 1.54) is 16.7 Å². The summed E-state index contributed by atoms with van der Waals surface area (Å²) < 4.78 is 2.10. The molecular formula is C18H23N5O2S2. The number of rotatable bonds is 8. The molecule has 1 heterocycles. The van der Waals surface area contributed by atoms with Crippen LogP contribution in [0.15, 0.2) is 34.3 Å². The second-order valence-corrected chi connectivity index (χ2v) is 8.21. The fourth-order valence-corrected chi connectivity index (χ4v) is 4.22. The van der Waals surface area contributed by atoms with Gasteiger partial charge in [0.15, 0.2) is 5.16 Å². The summed E-state index contributed by atoms with van der Waals surface area (Å²) in [6.07, 6.45) is 4.23. The van der Waals surface area contributed by atoms with Crippen LogP contribution >= 0.6 is 23.5 Å². The molecule has 1 N–H and O–H groups in total. The number of nitrogens with one attached hydrogen (secondary N) is 1. The Kier molecular flexibility index (Phi) is 6.43. The van der Waals surface area contributed by atoms with Gasteiger partial charge in [-0.05, 0) is 38.2 Å². The van der Waals surface area contributed by atoms with Gasteiger partial charge in [-0.25, -0.2) is 0 Å². The minimum absolute atomic E-state index is 0.0104. The Labute approximate surface area is 167 Å². The summed E-state index contributed by atoms with van der Waals surface area (Å²) in [6, 6.07) is 8.07. The van der Waals surface area contributed by atoms with Crippen LogP contribution in [0.5, 0.6) is 0 Å². The van der Waals surface area contributed by atoms with Crippen LogP contribution in [0.1, 0.15) is 24.7 Å². The minimum Gasteiger partial charge on any atom is -0.336 e. The van der Waals surface area contributed by atoms with Crippen LogP contribution in [0.25, 0.3) is 0 Å². The van der Waals surface area contributed by atoms with Crippen LogP contribution in [-0.4, -0.2) is 57.1 Å². The molecule has 0 aliphatic heterocycles. The van der Waals surface area contributed by atoms with Gasteiger partial charge in [0.2, 0.25) is 11.8 Å². The zero-order valence-electron chi connectivity index (χ0n) is 15.6. The highest BCUT2D eigenvalue weighted by atomic mass is 32.2. The molecule has 3 rings (SSSR count). The number of anilines is 1. The van der Waals surface area contributed by atoms with Crippen LogP contribution in [0.2, 0.25) is 0 Å². The average Bonchev–Trinajstić information content (AvgIpc) is 3.42. The molecule has 0 radical (unpaired) electrons. The maximum Gasteiger partial charge on any atom is 0.244 e. The summed E-state index contributed by atoms with van der Waals surface area (Å²) in [7, 11) is 1.64. The lowest BCUT2D eigenvalue weighted by atomic mass is 10.3. The monoisotopic (exact) mass is 405 g/mol. The van der Waals surface area contributed by atoms with E-state index in [1.807, 2.05) is 37.4 Å². The van der Waals surface area contributed by atoms with Gasteiger partial charge < -0.3 is 14.8 Å². The van der Waals surface area contributed by atoms with Crippen molar-refractivity contribution in [3.63, 3.8) is 0 Å². The summed E-state index contributed by atoms with van der Waals surface area (Å²) in [5.41, 5.74) is 0.762.